The number of allylic oxidation sites excluding steroid dienone is 1. The third-order valence-corrected chi connectivity index (χ3v) is 5.65. The van der Waals surface area contributed by atoms with Gasteiger partial charge in [-0.3, -0.25) is 4.79 Å². The molecule has 28 heavy (non-hydrogen) atoms. The lowest BCUT2D eigenvalue weighted by atomic mass is 9.86. The van der Waals surface area contributed by atoms with Crippen LogP contribution in [-0.2, 0) is 4.79 Å². The molecule has 5 nitrogen and oxygen atoms in total. The highest BCUT2D eigenvalue weighted by Gasteiger charge is 2.27. The summed E-state index contributed by atoms with van der Waals surface area (Å²) < 4.78 is 15.2. The predicted octanol–water partition coefficient (Wildman–Crippen LogP) is 3.29. The Morgan fingerprint density at radius 2 is 2.18 bits per heavy atom. The van der Waals surface area contributed by atoms with Crippen molar-refractivity contribution in [3.05, 3.63) is 40.3 Å². The summed E-state index contributed by atoms with van der Waals surface area (Å²) in [5, 5.41) is 10.6. The number of aromatic amines is 1. The number of H-pyrrole nitrogens is 1. The minimum atomic E-state index is -1.27. The normalized spacial score (nSPS) is 17.7. The quantitative estimate of drug-likeness (QED) is 0.562. The van der Waals surface area contributed by atoms with Gasteiger partial charge in [-0.1, -0.05) is 12.0 Å². The molecule has 1 aromatic carbocycles. The van der Waals surface area contributed by atoms with Gasteiger partial charge < -0.3 is 20.7 Å². The summed E-state index contributed by atoms with van der Waals surface area (Å²) in [5.41, 5.74) is 9.87. The van der Waals surface area contributed by atoms with Crippen molar-refractivity contribution in [3.63, 3.8) is 0 Å². The van der Waals surface area contributed by atoms with E-state index in [0.717, 1.165) is 35.1 Å². The van der Waals surface area contributed by atoms with Crippen LogP contribution in [0.2, 0.25) is 0 Å². The Bertz CT molecular complexity index is 1020. The van der Waals surface area contributed by atoms with E-state index in [4.69, 9.17) is 5.73 Å². The Morgan fingerprint density at radius 1 is 1.46 bits per heavy atom. The SMILES string of the molecule is CC#CC(=O)N(C)[C@H]1CCC=C(c2c(F)cc(C(N)O)c3[nH]c(C)c(C)c23)C1. The fourth-order valence-corrected chi connectivity index (χ4v) is 3.98. The van der Waals surface area contributed by atoms with Gasteiger partial charge in [0.1, 0.15) is 12.0 Å². The van der Waals surface area contributed by atoms with Crippen LogP contribution in [0.5, 0.6) is 0 Å². The number of benzene rings is 1. The fraction of sp³-hybridized carbons (Fsp3) is 0.409. The highest BCUT2D eigenvalue weighted by molar-refractivity contribution is 5.98. The summed E-state index contributed by atoms with van der Waals surface area (Å²) in [6.07, 6.45) is 2.88. The molecule has 1 aromatic heterocycles. The van der Waals surface area contributed by atoms with E-state index in [1.54, 1.807) is 18.9 Å². The minimum absolute atomic E-state index is 0.0390. The maximum atomic E-state index is 15.2. The number of carbonyl (C=O) groups excluding carboxylic acids is 1. The zero-order valence-corrected chi connectivity index (χ0v) is 16.7. The first-order chi connectivity index (χ1) is 13.3. The van der Waals surface area contributed by atoms with Crippen molar-refractivity contribution in [3.8, 4) is 11.8 Å². The summed E-state index contributed by atoms with van der Waals surface area (Å²) in [5.74, 6) is 4.56. The molecule has 0 radical (unpaired) electrons. The van der Waals surface area contributed by atoms with Crippen LogP contribution in [0.4, 0.5) is 4.39 Å². The number of aliphatic hydroxyl groups is 1. The van der Waals surface area contributed by atoms with Crippen LogP contribution in [-0.4, -0.2) is 34.0 Å². The molecule has 0 aliphatic heterocycles. The van der Waals surface area contributed by atoms with Gasteiger partial charge >= 0.3 is 0 Å². The number of hydrogen-bond donors (Lipinski definition) is 3. The van der Waals surface area contributed by atoms with Gasteiger partial charge in [0.2, 0.25) is 0 Å². The molecule has 0 fully saturated rings. The van der Waals surface area contributed by atoms with E-state index in [-0.39, 0.29) is 11.9 Å². The molecule has 1 aliphatic carbocycles. The van der Waals surface area contributed by atoms with Gasteiger partial charge in [0, 0.05) is 35.3 Å². The van der Waals surface area contributed by atoms with Gasteiger partial charge in [-0.05, 0) is 63.2 Å². The molecule has 1 unspecified atom stereocenters. The lowest BCUT2D eigenvalue weighted by Gasteiger charge is -2.31. The van der Waals surface area contributed by atoms with Gasteiger partial charge in [-0.15, -0.1) is 0 Å². The maximum absolute atomic E-state index is 15.2. The maximum Gasteiger partial charge on any atom is 0.298 e. The number of carbonyl (C=O) groups is 1. The molecular formula is C22H26FN3O2. The largest absolute Gasteiger partial charge is 0.374 e. The zero-order chi connectivity index (χ0) is 20.6. The van der Waals surface area contributed by atoms with E-state index < -0.39 is 12.0 Å². The van der Waals surface area contributed by atoms with E-state index in [9.17, 15) is 9.90 Å². The predicted molar refractivity (Wildman–Crippen MR) is 109 cm³/mol. The van der Waals surface area contributed by atoms with Crippen molar-refractivity contribution in [1.29, 1.82) is 0 Å². The van der Waals surface area contributed by atoms with Crippen molar-refractivity contribution < 1.29 is 14.3 Å². The number of aliphatic hydroxyl groups excluding tert-OH is 1. The number of fused-ring (bicyclic) bond motifs is 1. The molecule has 0 spiro atoms. The standard InChI is InChI=1S/C22H26FN3O2/c1-5-7-18(27)26(4)15-9-6-8-14(10-15)20-17(23)11-16(22(24)28)21-19(20)12(2)13(3)25-21/h8,11,15,22,25,28H,6,9-10,24H2,1-4H3/t15-,22?/m0/s1. The highest BCUT2D eigenvalue weighted by atomic mass is 19.1. The number of nitrogens with two attached hydrogens (primary N) is 1. The number of aryl methyl sites for hydroxylation is 2. The number of nitrogens with one attached hydrogen (secondary N) is 1. The van der Waals surface area contributed by atoms with Gasteiger partial charge in [-0.25, -0.2) is 4.39 Å². The number of nitrogens with zero attached hydrogens (tertiary/aromatic N) is 1. The van der Waals surface area contributed by atoms with Crippen molar-refractivity contribution in [1.82, 2.24) is 9.88 Å². The Balaban J connectivity index is 2.10. The molecule has 0 saturated heterocycles. The van der Waals surface area contributed by atoms with E-state index in [1.807, 2.05) is 19.9 Å². The molecule has 0 bridgehead atoms. The lowest BCUT2D eigenvalue weighted by molar-refractivity contribution is -0.125. The van der Waals surface area contributed by atoms with E-state index in [1.165, 1.54) is 6.07 Å². The molecule has 148 valence electrons. The van der Waals surface area contributed by atoms with Crippen molar-refractivity contribution in [2.75, 3.05) is 7.05 Å². The van der Waals surface area contributed by atoms with Gasteiger partial charge in [0.15, 0.2) is 0 Å². The van der Waals surface area contributed by atoms with Crippen molar-refractivity contribution in [2.24, 2.45) is 5.73 Å². The third kappa shape index (κ3) is 3.44. The summed E-state index contributed by atoms with van der Waals surface area (Å²) >= 11 is 0. The molecule has 3 rings (SSSR count). The van der Waals surface area contributed by atoms with Crippen LogP contribution in [0.25, 0.3) is 16.5 Å². The lowest BCUT2D eigenvalue weighted by Crippen LogP contribution is -2.37. The molecule has 2 atom stereocenters. The van der Waals surface area contributed by atoms with E-state index in [0.29, 0.717) is 23.1 Å². The van der Waals surface area contributed by atoms with Gasteiger partial charge in [-0.2, -0.15) is 0 Å². The van der Waals surface area contributed by atoms with Crippen molar-refractivity contribution >= 4 is 22.4 Å². The summed E-state index contributed by atoms with van der Waals surface area (Å²) in [4.78, 5) is 17.0. The van der Waals surface area contributed by atoms with Crippen LogP contribution in [0.3, 0.4) is 0 Å². The highest BCUT2D eigenvalue weighted by Crippen LogP contribution is 2.39. The second kappa shape index (κ2) is 7.78. The number of aromatic nitrogens is 1. The first-order valence-corrected chi connectivity index (χ1v) is 9.40. The van der Waals surface area contributed by atoms with Crippen LogP contribution in [0, 0.1) is 31.5 Å². The molecule has 2 aromatic rings. The first kappa shape index (κ1) is 20.1. The average Bonchev–Trinajstić information content (AvgIpc) is 2.95. The topological polar surface area (TPSA) is 82.3 Å². The Kier molecular flexibility index (Phi) is 5.59. The summed E-state index contributed by atoms with van der Waals surface area (Å²) in [6, 6.07) is 1.27. The minimum Gasteiger partial charge on any atom is -0.374 e. The van der Waals surface area contributed by atoms with Crippen LogP contribution >= 0.6 is 0 Å². The third-order valence-electron chi connectivity index (χ3n) is 5.65. The number of hydrogen-bond acceptors (Lipinski definition) is 3. The summed E-state index contributed by atoms with van der Waals surface area (Å²) in [7, 11) is 1.74. The molecule has 1 amide bonds. The molecule has 0 saturated carbocycles. The molecule has 1 heterocycles. The average molecular weight is 383 g/mol. The first-order valence-electron chi connectivity index (χ1n) is 9.40. The molecule has 1 aliphatic rings. The van der Waals surface area contributed by atoms with Crippen LogP contribution in [0.1, 0.15) is 54.8 Å². The molecule has 6 heteroatoms. The second-order valence-corrected chi connectivity index (χ2v) is 7.35. The second-order valence-electron chi connectivity index (χ2n) is 7.35. The van der Waals surface area contributed by atoms with Gasteiger partial charge in [0.05, 0.1) is 5.52 Å². The Hall–Kier alpha value is -2.62. The summed E-state index contributed by atoms with van der Waals surface area (Å²) in [6.45, 7) is 5.48. The Morgan fingerprint density at radius 3 is 2.82 bits per heavy atom. The zero-order valence-electron chi connectivity index (χ0n) is 16.7. The molecule has 4 N–H and O–H groups in total. The smallest absolute Gasteiger partial charge is 0.298 e. The number of rotatable bonds is 3. The van der Waals surface area contributed by atoms with Gasteiger partial charge in [0.25, 0.3) is 5.91 Å². The van der Waals surface area contributed by atoms with Crippen molar-refractivity contribution in [2.45, 2.75) is 52.3 Å². The number of amides is 1. The molecular weight excluding hydrogens is 357 g/mol. The van der Waals surface area contributed by atoms with Crippen LogP contribution in [0.15, 0.2) is 12.1 Å². The van der Waals surface area contributed by atoms with Crippen LogP contribution < -0.4 is 5.73 Å². The Labute approximate surface area is 164 Å². The fourth-order valence-electron chi connectivity index (χ4n) is 3.98. The monoisotopic (exact) mass is 383 g/mol. The number of halogens is 1. The van der Waals surface area contributed by atoms with E-state index in [2.05, 4.69) is 16.8 Å². The van der Waals surface area contributed by atoms with E-state index >= 15 is 4.39 Å².